The number of carbonyl (C=O) groups excluding carboxylic acids is 2. The fourth-order valence-electron chi connectivity index (χ4n) is 3.31. The molecular formula is C24H18F2N2O2. The van der Waals surface area contributed by atoms with Crippen molar-refractivity contribution >= 4 is 23.1 Å². The molecule has 0 bridgehead atoms. The van der Waals surface area contributed by atoms with Gasteiger partial charge in [0, 0.05) is 11.8 Å². The summed E-state index contributed by atoms with van der Waals surface area (Å²) in [6.07, 6.45) is 0. The Bertz CT molecular complexity index is 1160. The van der Waals surface area contributed by atoms with E-state index in [1.165, 1.54) is 6.07 Å². The van der Waals surface area contributed by atoms with Crippen LogP contribution in [0.2, 0.25) is 0 Å². The topological polar surface area (TPSA) is 49.4 Å². The zero-order valence-corrected chi connectivity index (χ0v) is 16.2. The second-order valence-electron chi connectivity index (χ2n) is 7.05. The molecule has 4 rings (SSSR count). The molecule has 1 heterocycles. The van der Waals surface area contributed by atoms with E-state index in [4.69, 9.17) is 0 Å². The lowest BCUT2D eigenvalue weighted by Crippen LogP contribution is -2.32. The van der Waals surface area contributed by atoms with Gasteiger partial charge in [0.15, 0.2) is 11.6 Å². The van der Waals surface area contributed by atoms with Crippen molar-refractivity contribution in [1.29, 1.82) is 0 Å². The number of hydrogen-bond acceptors (Lipinski definition) is 3. The van der Waals surface area contributed by atoms with Gasteiger partial charge < -0.3 is 5.32 Å². The molecule has 0 unspecified atom stereocenters. The lowest BCUT2D eigenvalue weighted by molar-refractivity contribution is -0.137. The van der Waals surface area contributed by atoms with Gasteiger partial charge in [-0.15, -0.1) is 0 Å². The monoisotopic (exact) mass is 404 g/mol. The standard InChI is InChI=1S/C24H18F2N2O2/c1-15-7-9-17(10-8-15)21-22(27-18-11-12-19(25)20(26)13-18)24(30)28(23(21)29)14-16-5-3-2-4-6-16/h2-13,27H,14H2,1H3. The van der Waals surface area contributed by atoms with Crippen LogP contribution in [0.4, 0.5) is 14.5 Å². The van der Waals surface area contributed by atoms with E-state index in [1.54, 1.807) is 12.1 Å². The molecule has 0 aliphatic carbocycles. The van der Waals surface area contributed by atoms with Crippen molar-refractivity contribution in [3.8, 4) is 0 Å². The third kappa shape index (κ3) is 3.72. The second kappa shape index (κ2) is 7.91. The van der Waals surface area contributed by atoms with Crippen LogP contribution in [0.15, 0.2) is 78.5 Å². The Labute approximate surface area is 172 Å². The maximum absolute atomic E-state index is 13.7. The third-order valence-electron chi connectivity index (χ3n) is 4.88. The van der Waals surface area contributed by atoms with Crippen molar-refractivity contribution in [1.82, 2.24) is 4.90 Å². The summed E-state index contributed by atoms with van der Waals surface area (Å²) in [6.45, 7) is 2.03. The number of hydrogen-bond donors (Lipinski definition) is 1. The zero-order chi connectivity index (χ0) is 21.3. The van der Waals surface area contributed by atoms with Gasteiger partial charge in [0.1, 0.15) is 5.70 Å². The van der Waals surface area contributed by atoms with Crippen molar-refractivity contribution in [3.63, 3.8) is 0 Å². The van der Waals surface area contributed by atoms with Crippen molar-refractivity contribution in [2.45, 2.75) is 13.5 Å². The molecule has 3 aromatic carbocycles. The normalized spacial score (nSPS) is 13.9. The number of nitrogens with one attached hydrogen (secondary N) is 1. The average Bonchev–Trinajstić information content (AvgIpc) is 2.96. The number of rotatable bonds is 5. The van der Waals surface area contributed by atoms with Gasteiger partial charge >= 0.3 is 0 Å². The molecule has 1 aliphatic rings. The Hall–Kier alpha value is -3.80. The molecule has 4 nitrogen and oxygen atoms in total. The molecule has 3 aromatic rings. The predicted molar refractivity (Wildman–Crippen MR) is 110 cm³/mol. The van der Waals surface area contributed by atoms with E-state index in [-0.39, 0.29) is 23.5 Å². The highest BCUT2D eigenvalue weighted by molar-refractivity contribution is 6.36. The van der Waals surface area contributed by atoms with Crippen molar-refractivity contribution in [2.75, 3.05) is 5.32 Å². The van der Waals surface area contributed by atoms with Gasteiger partial charge in [-0.25, -0.2) is 8.78 Å². The van der Waals surface area contributed by atoms with E-state index >= 15 is 0 Å². The number of aryl methyl sites for hydroxylation is 1. The summed E-state index contributed by atoms with van der Waals surface area (Å²) < 4.78 is 27.0. The van der Waals surface area contributed by atoms with Gasteiger partial charge in [-0.2, -0.15) is 0 Å². The number of carbonyl (C=O) groups is 2. The number of anilines is 1. The predicted octanol–water partition coefficient (Wildman–Crippen LogP) is 4.67. The van der Waals surface area contributed by atoms with Crippen LogP contribution in [-0.2, 0) is 16.1 Å². The summed E-state index contributed by atoms with van der Waals surface area (Å²) >= 11 is 0. The van der Waals surface area contributed by atoms with Crippen LogP contribution in [0.5, 0.6) is 0 Å². The summed E-state index contributed by atoms with van der Waals surface area (Å²) in [7, 11) is 0. The minimum absolute atomic E-state index is 0.0331. The quantitative estimate of drug-likeness (QED) is 0.629. The van der Waals surface area contributed by atoms with E-state index in [0.717, 1.165) is 28.2 Å². The first kappa shape index (κ1) is 19.5. The Kier molecular flexibility index (Phi) is 5.14. The van der Waals surface area contributed by atoms with Gasteiger partial charge in [-0.1, -0.05) is 60.2 Å². The molecule has 2 amide bonds. The minimum Gasteiger partial charge on any atom is -0.350 e. The van der Waals surface area contributed by atoms with E-state index in [9.17, 15) is 18.4 Å². The van der Waals surface area contributed by atoms with Gasteiger partial charge in [0.05, 0.1) is 12.1 Å². The van der Waals surface area contributed by atoms with Crippen LogP contribution in [0, 0.1) is 18.6 Å². The van der Waals surface area contributed by atoms with E-state index in [1.807, 2.05) is 49.4 Å². The molecule has 1 aliphatic heterocycles. The fourth-order valence-corrected chi connectivity index (χ4v) is 3.31. The highest BCUT2D eigenvalue weighted by Gasteiger charge is 2.39. The first-order chi connectivity index (χ1) is 14.4. The van der Waals surface area contributed by atoms with Crippen LogP contribution in [0.25, 0.3) is 5.57 Å². The maximum Gasteiger partial charge on any atom is 0.278 e. The van der Waals surface area contributed by atoms with Crippen molar-refractivity contribution in [3.05, 3.63) is 107 Å². The average molecular weight is 404 g/mol. The van der Waals surface area contributed by atoms with Gasteiger partial charge in [-0.3, -0.25) is 14.5 Å². The molecular weight excluding hydrogens is 386 g/mol. The molecule has 30 heavy (non-hydrogen) atoms. The zero-order valence-electron chi connectivity index (χ0n) is 16.2. The lowest BCUT2D eigenvalue weighted by Gasteiger charge is -2.15. The van der Waals surface area contributed by atoms with Crippen molar-refractivity contribution in [2.24, 2.45) is 0 Å². The maximum atomic E-state index is 13.7. The number of halogens is 2. The molecule has 1 N–H and O–H groups in total. The third-order valence-corrected chi connectivity index (χ3v) is 4.88. The highest BCUT2D eigenvalue weighted by Crippen LogP contribution is 2.32. The molecule has 0 saturated heterocycles. The molecule has 150 valence electrons. The highest BCUT2D eigenvalue weighted by atomic mass is 19.2. The van der Waals surface area contributed by atoms with Crippen LogP contribution in [0.3, 0.4) is 0 Å². The lowest BCUT2D eigenvalue weighted by atomic mass is 10.0. The van der Waals surface area contributed by atoms with E-state index in [2.05, 4.69) is 5.32 Å². The smallest absolute Gasteiger partial charge is 0.278 e. The molecule has 0 fully saturated rings. The number of benzene rings is 3. The molecule has 0 atom stereocenters. The molecule has 6 heteroatoms. The first-order valence-electron chi connectivity index (χ1n) is 9.37. The number of nitrogens with zero attached hydrogens (tertiary/aromatic N) is 1. The Morgan fingerprint density at radius 2 is 1.53 bits per heavy atom. The summed E-state index contributed by atoms with van der Waals surface area (Å²) in [5.41, 5.74) is 2.78. The van der Waals surface area contributed by atoms with E-state index in [0.29, 0.717) is 5.56 Å². The number of imide groups is 1. The van der Waals surface area contributed by atoms with Crippen LogP contribution < -0.4 is 5.32 Å². The van der Waals surface area contributed by atoms with Gasteiger partial charge in [0.2, 0.25) is 0 Å². The second-order valence-corrected chi connectivity index (χ2v) is 7.05. The summed E-state index contributed by atoms with van der Waals surface area (Å²) in [5, 5.41) is 2.83. The minimum atomic E-state index is -1.05. The molecule has 0 spiro atoms. The van der Waals surface area contributed by atoms with Gasteiger partial charge in [0.25, 0.3) is 11.8 Å². The SMILES string of the molecule is Cc1ccc(C2=C(Nc3ccc(F)c(F)c3)C(=O)N(Cc3ccccc3)C2=O)cc1. The van der Waals surface area contributed by atoms with Crippen LogP contribution >= 0.6 is 0 Å². The Morgan fingerprint density at radius 3 is 2.20 bits per heavy atom. The van der Waals surface area contributed by atoms with Crippen molar-refractivity contribution < 1.29 is 18.4 Å². The number of amides is 2. The summed E-state index contributed by atoms with van der Waals surface area (Å²) in [5.74, 6) is -3.01. The van der Waals surface area contributed by atoms with E-state index < -0.39 is 23.4 Å². The van der Waals surface area contributed by atoms with Crippen LogP contribution in [-0.4, -0.2) is 16.7 Å². The molecule has 0 aromatic heterocycles. The Balaban J connectivity index is 1.75. The first-order valence-corrected chi connectivity index (χ1v) is 9.37. The fraction of sp³-hybridized carbons (Fsp3) is 0.0833. The molecule has 0 radical (unpaired) electrons. The van der Waals surface area contributed by atoms with Gasteiger partial charge in [-0.05, 0) is 30.2 Å². The largest absolute Gasteiger partial charge is 0.350 e. The molecule has 0 saturated carbocycles. The summed E-state index contributed by atoms with van der Waals surface area (Å²) in [4.78, 5) is 27.5. The summed E-state index contributed by atoms with van der Waals surface area (Å²) in [6, 6.07) is 19.6. The Morgan fingerprint density at radius 1 is 0.833 bits per heavy atom. The van der Waals surface area contributed by atoms with Crippen LogP contribution in [0.1, 0.15) is 16.7 Å².